The standard InChI is InChI=1S/C13H17N3O2S/c1-7-6-14-12(19-7)8(2)15-10-5-11(17)16(13(10)18)9-3-4-9/h6,8-10,15H,3-5H2,1-2H3. The first-order chi connectivity index (χ1) is 9.06. The molecule has 0 bridgehead atoms. The molecule has 1 N–H and O–H groups in total. The maximum absolute atomic E-state index is 12.2. The second-order valence-corrected chi connectivity index (χ2v) is 6.55. The van der Waals surface area contributed by atoms with E-state index < -0.39 is 0 Å². The van der Waals surface area contributed by atoms with Crippen LogP contribution in [0.15, 0.2) is 6.20 Å². The van der Waals surface area contributed by atoms with E-state index in [9.17, 15) is 9.59 Å². The monoisotopic (exact) mass is 279 g/mol. The Kier molecular flexibility index (Phi) is 3.14. The number of imide groups is 1. The van der Waals surface area contributed by atoms with Crippen molar-refractivity contribution in [2.75, 3.05) is 0 Å². The van der Waals surface area contributed by atoms with Gasteiger partial charge >= 0.3 is 0 Å². The first kappa shape index (κ1) is 12.7. The molecule has 0 radical (unpaired) electrons. The van der Waals surface area contributed by atoms with Crippen LogP contribution >= 0.6 is 11.3 Å². The molecule has 2 fully saturated rings. The molecule has 1 saturated heterocycles. The van der Waals surface area contributed by atoms with E-state index in [1.165, 1.54) is 4.90 Å². The van der Waals surface area contributed by atoms with Gasteiger partial charge in [0.2, 0.25) is 11.8 Å². The average molecular weight is 279 g/mol. The molecule has 2 amide bonds. The largest absolute Gasteiger partial charge is 0.297 e. The number of aryl methyl sites for hydroxylation is 1. The van der Waals surface area contributed by atoms with Crippen LogP contribution in [0.2, 0.25) is 0 Å². The maximum atomic E-state index is 12.2. The molecule has 2 unspecified atom stereocenters. The van der Waals surface area contributed by atoms with Crippen LogP contribution in [0.25, 0.3) is 0 Å². The van der Waals surface area contributed by atoms with Crippen LogP contribution in [0.1, 0.15) is 42.1 Å². The zero-order valence-corrected chi connectivity index (χ0v) is 11.9. The minimum atomic E-state index is -0.382. The summed E-state index contributed by atoms with van der Waals surface area (Å²) in [4.78, 5) is 31.0. The van der Waals surface area contributed by atoms with E-state index in [0.717, 1.165) is 22.7 Å². The summed E-state index contributed by atoms with van der Waals surface area (Å²) in [6.07, 6.45) is 4.04. The Morgan fingerprint density at radius 1 is 1.47 bits per heavy atom. The molecular formula is C13H17N3O2S. The number of likely N-dealkylation sites (tertiary alicyclic amines) is 1. The van der Waals surface area contributed by atoms with Crippen LogP contribution in [-0.2, 0) is 9.59 Å². The summed E-state index contributed by atoms with van der Waals surface area (Å²) in [6.45, 7) is 3.99. The molecule has 2 atom stereocenters. The average Bonchev–Trinajstić information content (AvgIpc) is 3.02. The van der Waals surface area contributed by atoms with Gasteiger partial charge in [-0.3, -0.25) is 19.8 Å². The highest BCUT2D eigenvalue weighted by Crippen LogP contribution is 2.32. The van der Waals surface area contributed by atoms with Crippen LogP contribution in [0.4, 0.5) is 0 Å². The van der Waals surface area contributed by atoms with Crippen LogP contribution in [-0.4, -0.2) is 33.8 Å². The number of carbonyl (C=O) groups is 2. The number of rotatable bonds is 4. The smallest absolute Gasteiger partial charge is 0.247 e. The third-order valence-electron chi connectivity index (χ3n) is 3.56. The van der Waals surface area contributed by atoms with Gasteiger partial charge in [0.05, 0.1) is 18.5 Å². The van der Waals surface area contributed by atoms with E-state index in [0.29, 0.717) is 0 Å². The minimum absolute atomic E-state index is 0.000368. The second-order valence-electron chi connectivity index (χ2n) is 5.29. The molecule has 1 aromatic heterocycles. The Morgan fingerprint density at radius 3 is 2.79 bits per heavy atom. The Labute approximate surface area is 116 Å². The Bertz CT molecular complexity index is 524. The molecule has 19 heavy (non-hydrogen) atoms. The number of amides is 2. The van der Waals surface area contributed by atoms with Crippen molar-refractivity contribution in [2.24, 2.45) is 0 Å². The first-order valence-corrected chi connectivity index (χ1v) is 7.42. The highest BCUT2D eigenvalue weighted by atomic mass is 32.1. The van der Waals surface area contributed by atoms with Crippen molar-refractivity contribution in [1.82, 2.24) is 15.2 Å². The maximum Gasteiger partial charge on any atom is 0.247 e. The lowest BCUT2D eigenvalue weighted by atomic mass is 10.2. The fourth-order valence-electron chi connectivity index (χ4n) is 2.44. The highest BCUT2D eigenvalue weighted by Gasteiger charge is 2.46. The van der Waals surface area contributed by atoms with Crippen molar-refractivity contribution in [2.45, 2.75) is 51.2 Å². The number of hydrogen-bond acceptors (Lipinski definition) is 5. The van der Waals surface area contributed by atoms with Crippen LogP contribution in [0.5, 0.6) is 0 Å². The van der Waals surface area contributed by atoms with Crippen molar-refractivity contribution in [3.8, 4) is 0 Å². The van der Waals surface area contributed by atoms with E-state index in [-0.39, 0.29) is 36.4 Å². The van der Waals surface area contributed by atoms with Gasteiger partial charge in [-0.25, -0.2) is 4.98 Å². The van der Waals surface area contributed by atoms with E-state index >= 15 is 0 Å². The lowest BCUT2D eigenvalue weighted by Crippen LogP contribution is -2.40. The number of hydrogen-bond donors (Lipinski definition) is 1. The van der Waals surface area contributed by atoms with Gasteiger partial charge in [0, 0.05) is 17.1 Å². The summed E-state index contributed by atoms with van der Waals surface area (Å²) in [5.74, 6) is -0.0971. The predicted molar refractivity (Wildman–Crippen MR) is 71.7 cm³/mol. The van der Waals surface area contributed by atoms with Gasteiger partial charge in [-0.2, -0.15) is 0 Å². The lowest BCUT2D eigenvalue weighted by molar-refractivity contribution is -0.139. The van der Waals surface area contributed by atoms with Gasteiger partial charge in [0.15, 0.2) is 0 Å². The summed E-state index contributed by atoms with van der Waals surface area (Å²) in [5.41, 5.74) is 0. The molecule has 6 heteroatoms. The zero-order chi connectivity index (χ0) is 13.6. The van der Waals surface area contributed by atoms with E-state index in [1.807, 2.05) is 20.0 Å². The summed E-state index contributed by atoms with van der Waals surface area (Å²) >= 11 is 1.62. The van der Waals surface area contributed by atoms with Gasteiger partial charge in [-0.15, -0.1) is 11.3 Å². The van der Waals surface area contributed by atoms with Crippen molar-refractivity contribution in [3.63, 3.8) is 0 Å². The fraction of sp³-hybridized carbons (Fsp3) is 0.615. The number of thiazole rings is 1. The first-order valence-electron chi connectivity index (χ1n) is 6.60. The van der Waals surface area contributed by atoms with Gasteiger partial charge in [-0.05, 0) is 26.7 Å². The number of nitrogens with zero attached hydrogens (tertiary/aromatic N) is 2. The summed E-state index contributed by atoms with van der Waals surface area (Å²) in [6, 6.07) is -0.212. The van der Waals surface area contributed by atoms with Gasteiger partial charge in [-0.1, -0.05) is 0 Å². The molecule has 0 spiro atoms. The predicted octanol–water partition coefficient (Wildman–Crippen LogP) is 1.39. The van der Waals surface area contributed by atoms with E-state index in [4.69, 9.17) is 0 Å². The Morgan fingerprint density at radius 2 is 2.21 bits per heavy atom. The van der Waals surface area contributed by atoms with Crippen molar-refractivity contribution in [1.29, 1.82) is 0 Å². The molecule has 5 nitrogen and oxygen atoms in total. The molecule has 1 aromatic rings. The molecule has 1 aliphatic heterocycles. The molecule has 2 heterocycles. The molecule has 2 aliphatic rings. The minimum Gasteiger partial charge on any atom is -0.297 e. The number of nitrogens with one attached hydrogen (secondary N) is 1. The summed E-state index contributed by atoms with van der Waals surface area (Å²) in [7, 11) is 0. The zero-order valence-electron chi connectivity index (χ0n) is 11.0. The molecule has 102 valence electrons. The highest BCUT2D eigenvalue weighted by molar-refractivity contribution is 7.11. The third-order valence-corrected chi connectivity index (χ3v) is 4.65. The van der Waals surface area contributed by atoms with Gasteiger partial charge in [0.1, 0.15) is 5.01 Å². The SMILES string of the molecule is Cc1cnc(C(C)NC2CC(=O)N(C3CC3)C2=O)s1. The Hall–Kier alpha value is -1.27. The molecule has 3 rings (SSSR count). The van der Waals surface area contributed by atoms with Gasteiger partial charge < -0.3 is 0 Å². The third kappa shape index (κ3) is 2.42. The number of carbonyl (C=O) groups excluding carboxylic acids is 2. The number of aromatic nitrogens is 1. The van der Waals surface area contributed by atoms with Crippen molar-refractivity contribution in [3.05, 3.63) is 16.1 Å². The van der Waals surface area contributed by atoms with Crippen molar-refractivity contribution < 1.29 is 9.59 Å². The van der Waals surface area contributed by atoms with Crippen LogP contribution in [0, 0.1) is 6.92 Å². The Balaban J connectivity index is 1.67. The topological polar surface area (TPSA) is 62.3 Å². The van der Waals surface area contributed by atoms with Crippen molar-refractivity contribution >= 4 is 23.2 Å². The van der Waals surface area contributed by atoms with Crippen LogP contribution in [0.3, 0.4) is 0 Å². The quantitative estimate of drug-likeness (QED) is 0.846. The van der Waals surface area contributed by atoms with E-state index in [2.05, 4.69) is 10.3 Å². The molecule has 1 saturated carbocycles. The molecule has 0 aromatic carbocycles. The van der Waals surface area contributed by atoms with Gasteiger partial charge in [0.25, 0.3) is 0 Å². The molecule has 1 aliphatic carbocycles. The molecular weight excluding hydrogens is 262 g/mol. The van der Waals surface area contributed by atoms with Crippen LogP contribution < -0.4 is 5.32 Å². The second kappa shape index (κ2) is 4.68. The fourth-order valence-corrected chi connectivity index (χ4v) is 3.23. The summed E-state index contributed by atoms with van der Waals surface area (Å²) < 4.78 is 0. The summed E-state index contributed by atoms with van der Waals surface area (Å²) in [5, 5.41) is 4.20. The van der Waals surface area contributed by atoms with E-state index in [1.54, 1.807) is 11.3 Å². The lowest BCUT2D eigenvalue weighted by Gasteiger charge is -2.17. The normalized spacial score (nSPS) is 25.2.